The molecule has 0 spiro atoms. The molecule has 0 aromatic heterocycles. The van der Waals surface area contributed by atoms with Crippen molar-refractivity contribution in [3.63, 3.8) is 0 Å². The van der Waals surface area contributed by atoms with E-state index in [0.717, 1.165) is 48.2 Å². The smallest absolute Gasteiger partial charge is 0.337 e. The number of hydrogen-bond acceptors (Lipinski definition) is 9. The molecule has 0 amide bonds. The molecule has 0 unspecified atom stereocenters. The highest BCUT2D eigenvalue weighted by Gasteiger charge is 2.50. The summed E-state index contributed by atoms with van der Waals surface area (Å²) in [6, 6.07) is 35.5. The lowest BCUT2D eigenvalue weighted by molar-refractivity contribution is -0.203. The highest BCUT2D eigenvalue weighted by molar-refractivity contribution is 6.99. The fourth-order valence-electron chi connectivity index (χ4n) is 8.85. The average Bonchev–Trinajstić information content (AvgIpc) is 3.24. The summed E-state index contributed by atoms with van der Waals surface area (Å²) < 4.78 is 36.6. The monoisotopic (exact) mass is 845 g/mol. The van der Waals surface area contributed by atoms with Crippen LogP contribution in [0.2, 0.25) is 5.04 Å². The number of aldehydes is 1. The van der Waals surface area contributed by atoms with Gasteiger partial charge in [-0.3, -0.25) is 0 Å². The summed E-state index contributed by atoms with van der Waals surface area (Å²) in [5.41, 5.74) is 2.13. The largest absolute Gasteiger partial charge is 0.497 e. The molecule has 4 aromatic carbocycles. The molecular formula is C51H63NO8Si. The summed E-state index contributed by atoms with van der Waals surface area (Å²) in [6.07, 6.45) is 9.02. The first-order valence-corrected chi connectivity index (χ1v) is 23.4. The lowest BCUT2D eigenvalue weighted by Gasteiger charge is -2.43. The van der Waals surface area contributed by atoms with E-state index in [9.17, 15) is 9.59 Å². The maximum absolute atomic E-state index is 12.4. The van der Waals surface area contributed by atoms with E-state index >= 15 is 0 Å². The minimum Gasteiger partial charge on any atom is -0.497 e. The van der Waals surface area contributed by atoms with Gasteiger partial charge in [0.25, 0.3) is 8.32 Å². The van der Waals surface area contributed by atoms with E-state index in [1.54, 1.807) is 34.1 Å². The van der Waals surface area contributed by atoms with Gasteiger partial charge in [-0.15, -0.1) is 0 Å². The average molecular weight is 846 g/mol. The van der Waals surface area contributed by atoms with Gasteiger partial charge in [-0.05, 0) is 76.5 Å². The van der Waals surface area contributed by atoms with Crippen molar-refractivity contribution in [2.24, 2.45) is 17.8 Å². The van der Waals surface area contributed by atoms with Gasteiger partial charge in [-0.25, -0.2) is 4.79 Å². The van der Waals surface area contributed by atoms with Crippen molar-refractivity contribution in [2.45, 2.75) is 96.7 Å². The van der Waals surface area contributed by atoms with Gasteiger partial charge in [0.05, 0.1) is 26.9 Å². The van der Waals surface area contributed by atoms with Crippen LogP contribution in [0.15, 0.2) is 127 Å². The van der Waals surface area contributed by atoms with Crippen LogP contribution in [0.4, 0.5) is 0 Å². The predicted octanol–water partition coefficient (Wildman–Crippen LogP) is 8.73. The molecule has 2 aliphatic rings. The Morgan fingerprint density at radius 1 is 0.869 bits per heavy atom. The molecule has 5 atom stereocenters. The van der Waals surface area contributed by atoms with Crippen LogP contribution in [0.5, 0.6) is 17.2 Å². The molecule has 0 bridgehead atoms. The van der Waals surface area contributed by atoms with Crippen LogP contribution in [-0.4, -0.2) is 59.3 Å². The number of rotatable bonds is 18. The summed E-state index contributed by atoms with van der Waals surface area (Å²) in [7, 11) is 0.502. The number of carbonyl (C=O) groups excluding carboxylic acids is 2. The molecule has 1 heterocycles. The second-order valence-corrected chi connectivity index (χ2v) is 22.2. The van der Waals surface area contributed by atoms with Crippen LogP contribution in [-0.2, 0) is 36.5 Å². The van der Waals surface area contributed by atoms with Gasteiger partial charge in [0.2, 0.25) is 5.79 Å². The Kier molecular flexibility index (Phi) is 15.0. The Balaban J connectivity index is 1.28. The number of esters is 1. The topological polar surface area (TPSA) is 102 Å². The second kappa shape index (κ2) is 20.1. The zero-order chi connectivity index (χ0) is 43.6. The van der Waals surface area contributed by atoms with Gasteiger partial charge in [0, 0.05) is 49.9 Å². The van der Waals surface area contributed by atoms with E-state index in [-0.39, 0.29) is 22.9 Å². The van der Waals surface area contributed by atoms with Crippen LogP contribution in [0.3, 0.4) is 0 Å². The van der Waals surface area contributed by atoms with E-state index in [0.29, 0.717) is 37.0 Å². The molecule has 0 saturated heterocycles. The van der Waals surface area contributed by atoms with Crippen molar-refractivity contribution in [3.8, 4) is 17.2 Å². The zero-order valence-electron chi connectivity index (χ0n) is 37.0. The van der Waals surface area contributed by atoms with E-state index in [1.807, 2.05) is 36.4 Å². The molecule has 0 radical (unpaired) electrons. The second-order valence-electron chi connectivity index (χ2n) is 17.9. The molecule has 1 saturated carbocycles. The third-order valence-electron chi connectivity index (χ3n) is 11.9. The number of ether oxygens (including phenoxy) is 5. The molecule has 324 valence electrons. The van der Waals surface area contributed by atoms with Crippen molar-refractivity contribution in [2.75, 3.05) is 20.8 Å². The van der Waals surface area contributed by atoms with Gasteiger partial charge >= 0.3 is 5.97 Å². The number of hydrogen-bond donors (Lipinski definition) is 1. The summed E-state index contributed by atoms with van der Waals surface area (Å²) in [4.78, 5) is 24.7. The normalized spacial score (nSPS) is 20.2. The number of allylic oxidation sites excluding steroid dienone is 1. The first-order valence-electron chi connectivity index (χ1n) is 21.5. The molecule has 6 rings (SSSR count). The van der Waals surface area contributed by atoms with Gasteiger partial charge in [0.1, 0.15) is 35.4 Å². The Morgan fingerprint density at radius 2 is 1.52 bits per heavy atom. The number of methoxy groups -OCH3 is 2. The molecule has 1 fully saturated rings. The summed E-state index contributed by atoms with van der Waals surface area (Å²) in [5.74, 6) is 1.31. The van der Waals surface area contributed by atoms with Crippen molar-refractivity contribution < 1.29 is 37.7 Å². The van der Waals surface area contributed by atoms with E-state index < -0.39 is 26.2 Å². The molecule has 4 aromatic rings. The standard InChI is InChI=1S/C51H63NO8Si/c1-36-19-27-46(39(29-36)34-53)47(28-26-43-32-49(54)60-51(5,6)59-43)58-41-23-20-37(21-24-41)30-40(52-33-38-22-25-42(55-7)31-48(38)56-8)35-57-61(50(2,3)4,44-15-11-9-12-16-44)45-17-13-10-14-18-45/h9-18,20-26,28,31-32,34,36,39-40,46-47,52H,19,27,29-30,33,35H2,1-8H3/b28-26+/t36-,39+,40+,46-,47-/m1/s1. The maximum atomic E-state index is 12.4. The molecule has 1 aliphatic carbocycles. The van der Waals surface area contributed by atoms with Gasteiger partial charge in [0.15, 0.2) is 0 Å². The molecule has 1 N–H and O–H groups in total. The Labute approximate surface area is 363 Å². The fraction of sp³-hybridized carbons (Fsp3) is 0.412. The molecular weight excluding hydrogens is 783 g/mol. The highest BCUT2D eigenvalue weighted by Crippen LogP contribution is 2.39. The highest BCUT2D eigenvalue weighted by atomic mass is 28.4. The maximum Gasteiger partial charge on any atom is 0.337 e. The van der Waals surface area contributed by atoms with Crippen LogP contribution in [0.25, 0.3) is 0 Å². The molecule has 10 heteroatoms. The Hall–Kier alpha value is -5.16. The van der Waals surface area contributed by atoms with E-state index in [1.165, 1.54) is 16.4 Å². The van der Waals surface area contributed by atoms with Crippen LogP contribution < -0.4 is 29.9 Å². The fourth-order valence-corrected chi connectivity index (χ4v) is 13.5. The lowest BCUT2D eigenvalue weighted by atomic mass is 9.72. The van der Waals surface area contributed by atoms with Crippen LogP contribution in [0, 0.1) is 17.8 Å². The third kappa shape index (κ3) is 11.4. The van der Waals surface area contributed by atoms with Crippen molar-refractivity contribution in [1.29, 1.82) is 0 Å². The zero-order valence-corrected chi connectivity index (χ0v) is 38.0. The van der Waals surface area contributed by atoms with Crippen molar-refractivity contribution >= 4 is 30.9 Å². The minimum atomic E-state index is -2.83. The first kappa shape index (κ1) is 45.4. The van der Waals surface area contributed by atoms with Crippen LogP contribution in [0.1, 0.15) is 71.9 Å². The van der Waals surface area contributed by atoms with Crippen molar-refractivity contribution in [3.05, 3.63) is 138 Å². The quantitative estimate of drug-likeness (QED) is 0.0599. The number of benzene rings is 4. The first-order chi connectivity index (χ1) is 29.2. The van der Waals surface area contributed by atoms with Gasteiger partial charge in [-0.1, -0.05) is 113 Å². The number of cyclic esters (lactones) is 1. The Bertz CT molecular complexity index is 2070. The summed E-state index contributed by atoms with van der Waals surface area (Å²) in [5, 5.41) is 6.12. The predicted molar refractivity (Wildman–Crippen MR) is 243 cm³/mol. The third-order valence-corrected chi connectivity index (χ3v) is 16.9. The van der Waals surface area contributed by atoms with E-state index in [2.05, 4.69) is 106 Å². The minimum absolute atomic E-state index is 0.0315. The Morgan fingerprint density at radius 3 is 2.11 bits per heavy atom. The van der Waals surface area contributed by atoms with E-state index in [4.69, 9.17) is 28.1 Å². The lowest BCUT2D eigenvalue weighted by Crippen LogP contribution is -2.67. The number of nitrogens with one attached hydrogen (secondary N) is 1. The van der Waals surface area contributed by atoms with Crippen LogP contribution >= 0.6 is 0 Å². The molecule has 1 aliphatic heterocycles. The van der Waals surface area contributed by atoms with Crippen molar-refractivity contribution in [1.82, 2.24) is 5.32 Å². The SMILES string of the molecule is COc1ccc(CN[C@H](CO[Si](c2ccccc2)(c2ccccc2)C(C)(C)C)Cc2ccc(O[C@H](/C=C/C3=CC(=O)OC(C)(C)O3)[C@@H]3CC[C@@H](C)C[C@H]3C=O)cc2)c(OC)c1. The molecule has 9 nitrogen and oxygen atoms in total. The van der Waals surface area contributed by atoms with Gasteiger partial charge in [-0.2, -0.15) is 0 Å². The van der Waals surface area contributed by atoms with Gasteiger partial charge < -0.3 is 38.2 Å². The molecule has 61 heavy (non-hydrogen) atoms. The number of carbonyl (C=O) groups is 2. The summed E-state index contributed by atoms with van der Waals surface area (Å²) in [6.45, 7) is 13.5. The summed E-state index contributed by atoms with van der Waals surface area (Å²) >= 11 is 0.